The minimum Gasteiger partial charge on any atom is -0.411 e. The average Bonchev–Trinajstić information content (AvgIpc) is 3.12. The molecule has 6 nitrogen and oxygen atoms in total. The van der Waals surface area contributed by atoms with Crippen LogP contribution in [0.5, 0.6) is 0 Å². The third kappa shape index (κ3) is 4.90. The lowest BCUT2D eigenvalue weighted by atomic mass is 10.1. The molecule has 0 saturated heterocycles. The van der Waals surface area contributed by atoms with Gasteiger partial charge in [-0.15, -0.1) is 10.2 Å². The highest BCUT2D eigenvalue weighted by atomic mass is 32.2. The van der Waals surface area contributed by atoms with Crippen LogP contribution in [0.4, 0.5) is 0 Å². The molecule has 2 heterocycles. The standard InChI is InChI=1S/C18H18N4O2S/c1-13(16(23)20-11-9-14-6-3-2-4-7-14)25-18-22-21-17(24-18)15-8-5-10-19-12-15/h2-8,10,12-13H,9,11H2,1H3,(H,20,23)/t13-/m1/s1. The number of thioether (sulfide) groups is 1. The fourth-order valence-corrected chi connectivity index (χ4v) is 2.89. The van der Waals surface area contributed by atoms with Gasteiger partial charge in [0, 0.05) is 18.9 Å². The first-order chi connectivity index (χ1) is 12.2. The predicted molar refractivity (Wildman–Crippen MR) is 96.0 cm³/mol. The minimum absolute atomic E-state index is 0.0536. The first-order valence-corrected chi connectivity index (χ1v) is 8.82. The molecule has 3 rings (SSSR count). The maximum atomic E-state index is 12.2. The third-order valence-electron chi connectivity index (χ3n) is 3.52. The van der Waals surface area contributed by atoms with E-state index in [0.29, 0.717) is 17.7 Å². The minimum atomic E-state index is -0.321. The van der Waals surface area contributed by atoms with Crippen molar-refractivity contribution < 1.29 is 9.21 Å². The molecule has 0 unspecified atom stereocenters. The van der Waals surface area contributed by atoms with Crippen molar-refractivity contribution in [3.63, 3.8) is 0 Å². The van der Waals surface area contributed by atoms with E-state index in [-0.39, 0.29) is 11.2 Å². The van der Waals surface area contributed by atoms with Crippen LogP contribution in [0, 0.1) is 0 Å². The summed E-state index contributed by atoms with van der Waals surface area (Å²) in [5.41, 5.74) is 1.95. The number of aromatic nitrogens is 3. The summed E-state index contributed by atoms with van der Waals surface area (Å²) >= 11 is 1.24. The number of hydrogen-bond donors (Lipinski definition) is 1. The lowest BCUT2D eigenvalue weighted by Gasteiger charge is -2.09. The van der Waals surface area contributed by atoms with Crippen molar-refractivity contribution >= 4 is 17.7 Å². The van der Waals surface area contributed by atoms with Gasteiger partial charge in [-0.1, -0.05) is 42.1 Å². The quantitative estimate of drug-likeness (QED) is 0.657. The Kier molecular flexibility index (Phi) is 5.79. The second-order valence-corrected chi connectivity index (χ2v) is 6.69. The van der Waals surface area contributed by atoms with Crippen LogP contribution in [0.25, 0.3) is 11.5 Å². The van der Waals surface area contributed by atoms with Crippen LogP contribution < -0.4 is 5.32 Å². The summed E-state index contributed by atoms with van der Waals surface area (Å²) in [6.45, 7) is 2.41. The fraction of sp³-hybridized carbons (Fsp3) is 0.222. The van der Waals surface area contributed by atoms with Crippen LogP contribution >= 0.6 is 11.8 Å². The lowest BCUT2D eigenvalue weighted by Crippen LogP contribution is -2.32. The lowest BCUT2D eigenvalue weighted by molar-refractivity contribution is -0.120. The fourth-order valence-electron chi connectivity index (χ4n) is 2.19. The van der Waals surface area contributed by atoms with E-state index in [4.69, 9.17) is 4.42 Å². The number of hydrogen-bond acceptors (Lipinski definition) is 6. The Morgan fingerprint density at radius 2 is 2.04 bits per heavy atom. The number of carbonyl (C=O) groups is 1. The summed E-state index contributed by atoms with van der Waals surface area (Å²) in [5.74, 6) is 0.342. The molecular weight excluding hydrogens is 336 g/mol. The summed E-state index contributed by atoms with van der Waals surface area (Å²) in [5, 5.41) is 10.9. The molecule has 0 spiro atoms. The van der Waals surface area contributed by atoms with Crippen LogP contribution in [-0.2, 0) is 11.2 Å². The Balaban J connectivity index is 1.49. The number of pyridine rings is 1. The van der Waals surface area contributed by atoms with Crippen LogP contribution in [0.1, 0.15) is 12.5 Å². The summed E-state index contributed by atoms with van der Waals surface area (Å²) in [7, 11) is 0. The topological polar surface area (TPSA) is 80.9 Å². The highest BCUT2D eigenvalue weighted by Gasteiger charge is 2.18. The van der Waals surface area contributed by atoms with E-state index < -0.39 is 0 Å². The first kappa shape index (κ1) is 17.2. The molecule has 1 atom stereocenters. The average molecular weight is 354 g/mol. The van der Waals surface area contributed by atoms with E-state index in [1.165, 1.54) is 17.3 Å². The maximum Gasteiger partial charge on any atom is 0.277 e. The van der Waals surface area contributed by atoms with E-state index in [2.05, 4.69) is 20.5 Å². The summed E-state index contributed by atoms with van der Waals surface area (Å²) in [6.07, 6.45) is 4.13. The summed E-state index contributed by atoms with van der Waals surface area (Å²) < 4.78 is 5.59. The Labute approximate surface area is 150 Å². The molecule has 1 amide bonds. The van der Waals surface area contributed by atoms with Gasteiger partial charge in [0.1, 0.15) is 0 Å². The zero-order valence-electron chi connectivity index (χ0n) is 13.8. The number of benzene rings is 1. The van der Waals surface area contributed by atoms with Crippen molar-refractivity contribution in [2.24, 2.45) is 0 Å². The molecular formula is C18H18N4O2S. The summed E-state index contributed by atoms with van der Waals surface area (Å²) in [6, 6.07) is 13.7. The predicted octanol–water partition coefficient (Wildman–Crippen LogP) is 2.97. The Bertz CT molecular complexity index is 808. The van der Waals surface area contributed by atoms with Crippen LogP contribution in [-0.4, -0.2) is 32.9 Å². The van der Waals surface area contributed by atoms with Crippen LogP contribution in [0.15, 0.2) is 64.5 Å². The molecule has 0 aliphatic rings. The Hall–Kier alpha value is -2.67. The maximum absolute atomic E-state index is 12.2. The molecule has 0 fully saturated rings. The molecule has 0 bridgehead atoms. The third-order valence-corrected chi connectivity index (χ3v) is 4.45. The SMILES string of the molecule is C[C@@H](Sc1nnc(-c2cccnc2)o1)C(=O)NCCc1ccccc1. The Morgan fingerprint density at radius 3 is 2.80 bits per heavy atom. The first-order valence-electron chi connectivity index (χ1n) is 7.94. The van der Waals surface area contributed by atoms with Crippen molar-refractivity contribution in [3.05, 3.63) is 60.4 Å². The molecule has 3 aromatic rings. The molecule has 2 aromatic heterocycles. The van der Waals surface area contributed by atoms with Gasteiger partial charge in [-0.25, -0.2) is 0 Å². The van der Waals surface area contributed by atoms with E-state index in [1.54, 1.807) is 18.5 Å². The van der Waals surface area contributed by atoms with Crippen LogP contribution in [0.2, 0.25) is 0 Å². The van der Waals surface area contributed by atoms with Gasteiger partial charge in [0.25, 0.3) is 5.22 Å². The molecule has 0 aliphatic carbocycles. The van der Waals surface area contributed by atoms with Crippen molar-refractivity contribution in [2.45, 2.75) is 23.8 Å². The molecule has 1 N–H and O–H groups in total. The second kappa shape index (κ2) is 8.43. The molecule has 0 saturated carbocycles. The van der Waals surface area contributed by atoms with Gasteiger partial charge in [-0.2, -0.15) is 0 Å². The number of amides is 1. The van der Waals surface area contributed by atoms with Crippen molar-refractivity contribution in [3.8, 4) is 11.5 Å². The normalized spacial score (nSPS) is 11.9. The van der Waals surface area contributed by atoms with E-state index >= 15 is 0 Å². The molecule has 1 aromatic carbocycles. The molecule has 0 aliphatic heterocycles. The molecule has 25 heavy (non-hydrogen) atoms. The molecule has 0 radical (unpaired) electrons. The van der Waals surface area contributed by atoms with E-state index in [9.17, 15) is 4.79 Å². The zero-order chi connectivity index (χ0) is 17.5. The monoisotopic (exact) mass is 354 g/mol. The number of nitrogens with zero attached hydrogens (tertiary/aromatic N) is 3. The largest absolute Gasteiger partial charge is 0.411 e. The number of carbonyl (C=O) groups excluding carboxylic acids is 1. The van der Waals surface area contributed by atoms with Crippen molar-refractivity contribution in [2.75, 3.05) is 6.54 Å². The van der Waals surface area contributed by atoms with Gasteiger partial charge in [0.15, 0.2) is 0 Å². The van der Waals surface area contributed by atoms with Gasteiger partial charge >= 0.3 is 0 Å². The Morgan fingerprint density at radius 1 is 1.20 bits per heavy atom. The van der Waals surface area contributed by atoms with E-state index in [1.807, 2.05) is 43.3 Å². The number of rotatable bonds is 7. The summed E-state index contributed by atoms with van der Waals surface area (Å²) in [4.78, 5) is 16.2. The highest BCUT2D eigenvalue weighted by Crippen LogP contribution is 2.25. The smallest absolute Gasteiger partial charge is 0.277 e. The van der Waals surface area contributed by atoms with Crippen LogP contribution in [0.3, 0.4) is 0 Å². The van der Waals surface area contributed by atoms with Gasteiger partial charge in [0.05, 0.1) is 10.8 Å². The molecule has 128 valence electrons. The highest BCUT2D eigenvalue weighted by molar-refractivity contribution is 8.00. The van der Waals surface area contributed by atoms with E-state index in [0.717, 1.165) is 12.0 Å². The number of nitrogens with one attached hydrogen (secondary N) is 1. The van der Waals surface area contributed by atoms with Crippen molar-refractivity contribution in [1.82, 2.24) is 20.5 Å². The molecule has 7 heteroatoms. The van der Waals surface area contributed by atoms with Gasteiger partial charge < -0.3 is 9.73 Å². The zero-order valence-corrected chi connectivity index (χ0v) is 14.6. The van der Waals surface area contributed by atoms with Gasteiger partial charge in [0.2, 0.25) is 11.8 Å². The van der Waals surface area contributed by atoms with Gasteiger partial charge in [-0.05, 0) is 31.0 Å². The second-order valence-electron chi connectivity index (χ2n) is 5.40. The van der Waals surface area contributed by atoms with Gasteiger partial charge in [-0.3, -0.25) is 9.78 Å². The van der Waals surface area contributed by atoms with Crippen molar-refractivity contribution in [1.29, 1.82) is 0 Å².